The van der Waals surface area contributed by atoms with E-state index in [0.29, 0.717) is 11.3 Å². The van der Waals surface area contributed by atoms with Crippen molar-refractivity contribution in [3.05, 3.63) is 72.6 Å². The molecule has 0 spiro atoms. The largest absolute Gasteiger partial charge is 0.228 e. The molecule has 0 aliphatic rings. The molecule has 0 fully saturated rings. The number of hydrogen-bond donors (Lipinski definition) is 0. The van der Waals surface area contributed by atoms with Crippen molar-refractivity contribution in [3.63, 3.8) is 0 Å². The molecule has 3 aromatic heterocycles. The number of aromatic nitrogens is 3. The summed E-state index contributed by atoms with van der Waals surface area (Å²) in [4.78, 5) is 3.64. The van der Waals surface area contributed by atoms with Crippen LogP contribution in [0.15, 0.2) is 65.8 Å². The summed E-state index contributed by atoms with van der Waals surface area (Å²) in [5.74, 6) is 0.0478. The molecule has 3 nitrogen and oxygen atoms in total. The molecular weight excluding hydrogens is 352 g/mol. The van der Waals surface area contributed by atoms with Gasteiger partial charge in [0.05, 0.1) is 10.5 Å². The molecule has 0 amide bonds. The molecule has 0 unspecified atom stereocenters. The molecule has 4 rings (SSSR count). The van der Waals surface area contributed by atoms with Crippen LogP contribution in [0.25, 0.3) is 27.9 Å². The number of nitrogens with zero attached hydrogens (tertiary/aromatic N) is 3. The second-order valence-corrected chi connectivity index (χ2v) is 6.98. The van der Waals surface area contributed by atoms with Gasteiger partial charge in [-0.3, -0.25) is 0 Å². The number of benzene rings is 1. The van der Waals surface area contributed by atoms with E-state index in [4.69, 9.17) is 5.10 Å². The van der Waals surface area contributed by atoms with Gasteiger partial charge in [0.2, 0.25) is 5.95 Å². The van der Waals surface area contributed by atoms with Crippen molar-refractivity contribution < 1.29 is 8.78 Å². The molecule has 0 atom stereocenters. The second kappa shape index (κ2) is 6.88. The molecule has 4 aromatic rings. The maximum atomic E-state index is 13.8. The van der Waals surface area contributed by atoms with E-state index < -0.39 is 5.95 Å². The highest BCUT2D eigenvalue weighted by Crippen LogP contribution is 2.36. The molecule has 26 heavy (non-hydrogen) atoms. The molecule has 0 radical (unpaired) electrons. The summed E-state index contributed by atoms with van der Waals surface area (Å²) in [6, 6.07) is 15.2. The van der Waals surface area contributed by atoms with E-state index in [-0.39, 0.29) is 5.82 Å². The van der Waals surface area contributed by atoms with Crippen molar-refractivity contribution in [3.8, 4) is 22.4 Å². The highest BCUT2D eigenvalue weighted by Gasteiger charge is 2.18. The first-order valence-corrected chi connectivity index (χ1v) is 9.18. The first-order valence-electron chi connectivity index (χ1n) is 8.20. The maximum Gasteiger partial charge on any atom is 0.213 e. The van der Waals surface area contributed by atoms with Gasteiger partial charge in [-0.1, -0.05) is 13.0 Å². The van der Waals surface area contributed by atoms with Gasteiger partial charge in [0, 0.05) is 23.4 Å². The lowest BCUT2D eigenvalue weighted by Crippen LogP contribution is -1.92. The summed E-state index contributed by atoms with van der Waals surface area (Å²) in [5, 5.41) is 5.76. The Morgan fingerprint density at radius 1 is 1.00 bits per heavy atom. The molecule has 3 heterocycles. The molecular formula is C20H15F2N3S. The highest BCUT2D eigenvalue weighted by atomic mass is 32.2. The first kappa shape index (κ1) is 16.7. The van der Waals surface area contributed by atoms with E-state index in [1.807, 2.05) is 22.7 Å². The predicted molar refractivity (Wildman–Crippen MR) is 100 cm³/mol. The fourth-order valence-corrected chi connectivity index (χ4v) is 3.69. The van der Waals surface area contributed by atoms with Crippen molar-refractivity contribution in [2.45, 2.75) is 11.9 Å². The van der Waals surface area contributed by atoms with Gasteiger partial charge in [-0.2, -0.15) is 9.49 Å². The van der Waals surface area contributed by atoms with Crippen LogP contribution in [-0.4, -0.2) is 20.4 Å². The van der Waals surface area contributed by atoms with Gasteiger partial charge in [-0.05, 0) is 53.8 Å². The third-order valence-electron chi connectivity index (χ3n) is 4.05. The monoisotopic (exact) mass is 367 g/mol. The Morgan fingerprint density at radius 2 is 1.81 bits per heavy atom. The summed E-state index contributed by atoms with van der Waals surface area (Å²) >= 11 is 1.68. The summed E-state index contributed by atoms with van der Waals surface area (Å²) in [7, 11) is 0. The number of thioether (sulfide) groups is 1. The van der Waals surface area contributed by atoms with Crippen molar-refractivity contribution in [1.29, 1.82) is 0 Å². The average molecular weight is 367 g/mol. The van der Waals surface area contributed by atoms with Crippen molar-refractivity contribution >= 4 is 17.3 Å². The molecule has 0 aliphatic heterocycles. The van der Waals surface area contributed by atoms with Crippen LogP contribution in [0.1, 0.15) is 6.92 Å². The fourth-order valence-electron chi connectivity index (χ4n) is 2.95. The highest BCUT2D eigenvalue weighted by molar-refractivity contribution is 7.99. The Labute approximate surface area is 153 Å². The molecule has 0 bridgehead atoms. The van der Waals surface area contributed by atoms with Gasteiger partial charge in [-0.15, -0.1) is 11.8 Å². The minimum atomic E-state index is -0.550. The molecule has 1 aromatic carbocycles. The Bertz CT molecular complexity index is 1070. The van der Waals surface area contributed by atoms with Crippen molar-refractivity contribution in [1.82, 2.24) is 14.6 Å². The third-order valence-corrected chi connectivity index (χ3v) is 4.94. The Kier molecular flexibility index (Phi) is 4.42. The zero-order valence-electron chi connectivity index (χ0n) is 14.0. The number of rotatable bonds is 4. The number of fused-ring (bicyclic) bond motifs is 1. The van der Waals surface area contributed by atoms with E-state index >= 15 is 0 Å². The third kappa shape index (κ3) is 2.97. The molecule has 130 valence electrons. The zero-order chi connectivity index (χ0) is 18.1. The molecule has 0 saturated carbocycles. The first-order chi connectivity index (χ1) is 12.7. The van der Waals surface area contributed by atoms with Crippen molar-refractivity contribution in [2.24, 2.45) is 0 Å². The summed E-state index contributed by atoms with van der Waals surface area (Å²) < 4.78 is 29.0. The minimum absolute atomic E-state index is 0.309. The van der Waals surface area contributed by atoms with Crippen LogP contribution in [0.3, 0.4) is 0 Å². The Hall–Kier alpha value is -2.73. The van der Waals surface area contributed by atoms with Gasteiger partial charge in [-0.25, -0.2) is 13.9 Å². The summed E-state index contributed by atoms with van der Waals surface area (Å²) in [6.07, 6.45) is 1.44. The van der Waals surface area contributed by atoms with Gasteiger partial charge in [0.15, 0.2) is 0 Å². The van der Waals surface area contributed by atoms with E-state index in [1.165, 1.54) is 24.4 Å². The number of pyridine rings is 2. The zero-order valence-corrected chi connectivity index (χ0v) is 14.8. The lowest BCUT2D eigenvalue weighted by Gasteiger charge is -2.05. The van der Waals surface area contributed by atoms with Crippen LogP contribution in [0.5, 0.6) is 0 Å². The van der Waals surface area contributed by atoms with Crippen LogP contribution in [0, 0.1) is 11.8 Å². The standard InChI is InChI=1S/C20H15F2N3S/c1-2-26-18-5-3-4-16-19(14-10-11-23-17(22)12-14)20(24-25(16)18)13-6-8-15(21)9-7-13/h3-12H,2H2,1H3. The smallest absolute Gasteiger partial charge is 0.213 e. The molecule has 0 aliphatic carbocycles. The van der Waals surface area contributed by atoms with E-state index in [1.54, 1.807) is 30.0 Å². The quantitative estimate of drug-likeness (QED) is 0.355. The van der Waals surface area contributed by atoms with E-state index in [2.05, 4.69) is 11.9 Å². The van der Waals surface area contributed by atoms with Crippen LogP contribution < -0.4 is 0 Å². The van der Waals surface area contributed by atoms with Crippen LogP contribution >= 0.6 is 11.8 Å². The SMILES string of the molecule is CCSc1cccc2c(-c3ccnc(F)c3)c(-c3ccc(F)cc3)nn12. The Morgan fingerprint density at radius 3 is 2.54 bits per heavy atom. The lowest BCUT2D eigenvalue weighted by molar-refractivity contribution is 0.584. The predicted octanol–water partition coefficient (Wildman–Crippen LogP) is 5.45. The second-order valence-electron chi connectivity index (χ2n) is 5.69. The van der Waals surface area contributed by atoms with Crippen molar-refractivity contribution in [2.75, 3.05) is 5.75 Å². The van der Waals surface area contributed by atoms with Gasteiger partial charge >= 0.3 is 0 Å². The fraction of sp³-hybridized carbons (Fsp3) is 0.100. The summed E-state index contributed by atoms with van der Waals surface area (Å²) in [6.45, 7) is 2.08. The maximum absolute atomic E-state index is 13.8. The lowest BCUT2D eigenvalue weighted by atomic mass is 10.0. The Balaban J connectivity index is 2.04. The number of hydrogen-bond acceptors (Lipinski definition) is 3. The van der Waals surface area contributed by atoms with E-state index in [9.17, 15) is 8.78 Å². The van der Waals surface area contributed by atoms with Gasteiger partial charge in [0.1, 0.15) is 11.5 Å². The normalized spacial score (nSPS) is 11.2. The van der Waals surface area contributed by atoms with Crippen LogP contribution in [-0.2, 0) is 0 Å². The molecule has 0 N–H and O–H groups in total. The van der Waals surface area contributed by atoms with E-state index in [0.717, 1.165) is 27.4 Å². The van der Waals surface area contributed by atoms with Crippen LogP contribution in [0.2, 0.25) is 0 Å². The average Bonchev–Trinajstić information content (AvgIpc) is 3.03. The molecule has 0 saturated heterocycles. The number of halogens is 2. The summed E-state index contributed by atoms with van der Waals surface area (Å²) in [5.41, 5.74) is 3.81. The van der Waals surface area contributed by atoms with Gasteiger partial charge in [0.25, 0.3) is 0 Å². The minimum Gasteiger partial charge on any atom is -0.228 e. The van der Waals surface area contributed by atoms with Gasteiger partial charge < -0.3 is 0 Å². The van der Waals surface area contributed by atoms with Crippen LogP contribution in [0.4, 0.5) is 8.78 Å². The topological polar surface area (TPSA) is 30.2 Å². The molecule has 6 heteroatoms.